The van der Waals surface area contributed by atoms with E-state index < -0.39 is 0 Å². The predicted octanol–water partition coefficient (Wildman–Crippen LogP) is 2.27. The van der Waals surface area contributed by atoms with E-state index in [4.69, 9.17) is 4.74 Å². The smallest absolute Gasteiger partial charge is 0.227 e. The molecule has 2 saturated heterocycles. The summed E-state index contributed by atoms with van der Waals surface area (Å²) < 4.78 is 5.38. The number of anilines is 1. The van der Waals surface area contributed by atoms with Gasteiger partial charge in [-0.2, -0.15) is 0 Å². The van der Waals surface area contributed by atoms with Gasteiger partial charge in [0.05, 0.1) is 18.7 Å². The van der Waals surface area contributed by atoms with Crippen molar-refractivity contribution >= 4 is 23.4 Å². The minimum Gasteiger partial charge on any atom is -0.495 e. The molecular weight excluding hydrogens is 370 g/mol. The molecule has 0 spiro atoms. The number of carbonyl (C=O) groups is 3. The summed E-state index contributed by atoms with van der Waals surface area (Å²) in [5, 5.41) is 2.94. The van der Waals surface area contributed by atoms with Crippen molar-refractivity contribution < 1.29 is 19.1 Å². The fourth-order valence-corrected chi connectivity index (χ4v) is 4.03. The number of methoxy groups -OCH3 is 1. The van der Waals surface area contributed by atoms with Crippen molar-refractivity contribution in [1.82, 2.24) is 10.2 Å². The Kier molecular flexibility index (Phi) is 7.12. The van der Waals surface area contributed by atoms with Crippen molar-refractivity contribution in [2.24, 2.45) is 5.92 Å². The predicted molar refractivity (Wildman–Crippen MR) is 111 cm³/mol. The van der Waals surface area contributed by atoms with Gasteiger partial charge in [-0.05, 0) is 43.9 Å². The van der Waals surface area contributed by atoms with E-state index in [1.807, 2.05) is 30.0 Å². The molecule has 29 heavy (non-hydrogen) atoms. The molecule has 7 heteroatoms. The number of benzene rings is 1. The summed E-state index contributed by atoms with van der Waals surface area (Å²) in [4.78, 5) is 40.6. The lowest BCUT2D eigenvalue weighted by molar-refractivity contribution is -0.130. The number of likely N-dealkylation sites (tertiary alicyclic amines) is 1. The normalized spacial score (nSPS) is 20.0. The van der Waals surface area contributed by atoms with Crippen LogP contribution in [0.15, 0.2) is 18.2 Å². The number of nitrogens with zero attached hydrogens (tertiary/aromatic N) is 2. The lowest BCUT2D eigenvalue weighted by Crippen LogP contribution is -2.36. The molecule has 2 aliphatic rings. The topological polar surface area (TPSA) is 79.0 Å². The third-order valence-electron chi connectivity index (χ3n) is 5.70. The van der Waals surface area contributed by atoms with Crippen LogP contribution < -0.4 is 15.0 Å². The molecule has 0 unspecified atom stereocenters. The Bertz CT molecular complexity index is 764. The standard InChI is InChI=1S/C22H31N3O4/c1-16-8-9-19(29-2)18(13-16)25-15-17(14-21(25)27)22(28)23-10-6-12-24-11-5-3-4-7-20(24)26/h8-9,13,17H,3-7,10-12,14-15H2,1-2H3,(H,23,28)/t17-/m1/s1. The zero-order valence-corrected chi connectivity index (χ0v) is 17.4. The summed E-state index contributed by atoms with van der Waals surface area (Å²) in [6.45, 7) is 4.32. The highest BCUT2D eigenvalue weighted by atomic mass is 16.5. The first-order valence-corrected chi connectivity index (χ1v) is 10.5. The van der Waals surface area contributed by atoms with Crippen LogP contribution in [0.2, 0.25) is 0 Å². The number of nitrogens with one attached hydrogen (secondary N) is 1. The van der Waals surface area contributed by atoms with Crippen LogP contribution in [-0.4, -0.2) is 55.9 Å². The van der Waals surface area contributed by atoms with Gasteiger partial charge in [0.1, 0.15) is 5.75 Å². The van der Waals surface area contributed by atoms with Gasteiger partial charge >= 0.3 is 0 Å². The Morgan fingerprint density at radius 2 is 2.03 bits per heavy atom. The van der Waals surface area contributed by atoms with Gasteiger partial charge in [-0.15, -0.1) is 0 Å². The first-order valence-electron chi connectivity index (χ1n) is 10.5. The van der Waals surface area contributed by atoms with Crippen LogP contribution in [0, 0.1) is 12.8 Å². The molecule has 7 nitrogen and oxygen atoms in total. The second-order valence-electron chi connectivity index (χ2n) is 7.92. The first-order chi connectivity index (χ1) is 14.0. The van der Waals surface area contributed by atoms with E-state index in [1.54, 1.807) is 12.0 Å². The molecule has 2 fully saturated rings. The Morgan fingerprint density at radius 1 is 1.21 bits per heavy atom. The van der Waals surface area contributed by atoms with Crippen LogP contribution in [0.3, 0.4) is 0 Å². The largest absolute Gasteiger partial charge is 0.495 e. The number of aryl methyl sites for hydroxylation is 1. The van der Waals surface area contributed by atoms with Gasteiger partial charge in [0.15, 0.2) is 0 Å². The monoisotopic (exact) mass is 401 g/mol. The second-order valence-corrected chi connectivity index (χ2v) is 7.92. The summed E-state index contributed by atoms with van der Waals surface area (Å²) in [5.74, 6) is 0.316. The molecule has 158 valence electrons. The second kappa shape index (κ2) is 9.76. The molecule has 1 atom stereocenters. The summed E-state index contributed by atoms with van der Waals surface area (Å²) in [7, 11) is 1.58. The molecule has 3 rings (SSSR count). The van der Waals surface area contributed by atoms with Crippen LogP contribution in [0.25, 0.3) is 0 Å². The van der Waals surface area contributed by atoms with E-state index >= 15 is 0 Å². The Balaban J connectivity index is 1.49. The van der Waals surface area contributed by atoms with Gasteiger partial charge in [-0.3, -0.25) is 14.4 Å². The fraction of sp³-hybridized carbons (Fsp3) is 0.591. The van der Waals surface area contributed by atoms with Crippen molar-refractivity contribution in [3.05, 3.63) is 23.8 Å². The number of amides is 3. The van der Waals surface area contributed by atoms with Crippen molar-refractivity contribution in [3.8, 4) is 5.75 Å². The molecular formula is C22H31N3O4. The Hall–Kier alpha value is -2.57. The SMILES string of the molecule is COc1ccc(C)cc1N1C[C@H](C(=O)NCCCN2CCCCCC2=O)CC1=O. The maximum atomic E-state index is 12.6. The fourth-order valence-electron chi connectivity index (χ4n) is 4.03. The highest BCUT2D eigenvalue weighted by molar-refractivity contribution is 6.01. The van der Waals surface area contributed by atoms with Crippen molar-refractivity contribution in [3.63, 3.8) is 0 Å². The molecule has 0 aromatic heterocycles. The number of ether oxygens (including phenoxy) is 1. The summed E-state index contributed by atoms with van der Waals surface area (Å²) in [5.41, 5.74) is 1.75. The Morgan fingerprint density at radius 3 is 2.83 bits per heavy atom. The third-order valence-corrected chi connectivity index (χ3v) is 5.70. The highest BCUT2D eigenvalue weighted by Crippen LogP contribution is 2.33. The zero-order valence-electron chi connectivity index (χ0n) is 17.4. The van der Waals surface area contributed by atoms with E-state index in [0.29, 0.717) is 37.5 Å². The lowest BCUT2D eigenvalue weighted by Gasteiger charge is -2.21. The molecule has 1 aromatic carbocycles. The van der Waals surface area contributed by atoms with Crippen molar-refractivity contribution in [2.45, 2.75) is 45.4 Å². The zero-order chi connectivity index (χ0) is 20.8. The van der Waals surface area contributed by atoms with E-state index in [2.05, 4.69) is 5.32 Å². The molecule has 2 aliphatic heterocycles. The third kappa shape index (κ3) is 5.28. The van der Waals surface area contributed by atoms with Gasteiger partial charge in [0, 0.05) is 39.0 Å². The number of rotatable bonds is 7. The lowest BCUT2D eigenvalue weighted by atomic mass is 10.1. The maximum absolute atomic E-state index is 12.6. The van der Waals surface area contributed by atoms with Crippen LogP contribution >= 0.6 is 0 Å². The van der Waals surface area contributed by atoms with E-state index in [9.17, 15) is 14.4 Å². The molecule has 2 heterocycles. The average Bonchev–Trinajstić information content (AvgIpc) is 2.98. The molecule has 0 radical (unpaired) electrons. The number of carbonyl (C=O) groups excluding carboxylic acids is 3. The minimum atomic E-state index is -0.368. The van der Waals surface area contributed by atoms with Gasteiger partial charge in [-0.25, -0.2) is 0 Å². The summed E-state index contributed by atoms with van der Waals surface area (Å²) >= 11 is 0. The maximum Gasteiger partial charge on any atom is 0.227 e. The Labute approximate surface area is 172 Å². The molecule has 0 saturated carbocycles. The van der Waals surface area contributed by atoms with Crippen LogP contribution in [-0.2, 0) is 14.4 Å². The van der Waals surface area contributed by atoms with Gasteiger partial charge in [-0.1, -0.05) is 12.5 Å². The van der Waals surface area contributed by atoms with E-state index in [0.717, 1.165) is 37.8 Å². The molecule has 3 amide bonds. The highest BCUT2D eigenvalue weighted by Gasteiger charge is 2.36. The summed E-state index contributed by atoms with van der Waals surface area (Å²) in [6, 6.07) is 5.69. The van der Waals surface area contributed by atoms with Crippen molar-refractivity contribution in [1.29, 1.82) is 0 Å². The molecule has 0 aliphatic carbocycles. The van der Waals surface area contributed by atoms with Crippen molar-refractivity contribution in [2.75, 3.05) is 38.2 Å². The van der Waals surface area contributed by atoms with Crippen LogP contribution in [0.4, 0.5) is 5.69 Å². The average molecular weight is 402 g/mol. The van der Waals surface area contributed by atoms with Gasteiger partial charge in [0.2, 0.25) is 17.7 Å². The molecule has 1 N–H and O–H groups in total. The minimum absolute atomic E-state index is 0.0655. The van der Waals surface area contributed by atoms with E-state index in [1.165, 1.54) is 0 Å². The van der Waals surface area contributed by atoms with Crippen LogP contribution in [0.1, 0.15) is 44.1 Å². The molecule has 1 aromatic rings. The van der Waals surface area contributed by atoms with E-state index in [-0.39, 0.29) is 30.1 Å². The number of hydrogen-bond acceptors (Lipinski definition) is 4. The van der Waals surface area contributed by atoms with Crippen LogP contribution in [0.5, 0.6) is 5.75 Å². The van der Waals surface area contributed by atoms with Gasteiger partial charge in [0.25, 0.3) is 0 Å². The number of hydrogen-bond donors (Lipinski definition) is 1. The quantitative estimate of drug-likeness (QED) is 0.711. The molecule has 0 bridgehead atoms. The van der Waals surface area contributed by atoms with Gasteiger partial charge < -0.3 is 19.9 Å². The first kappa shape index (κ1) is 21.1. The summed E-state index contributed by atoms with van der Waals surface area (Å²) in [6.07, 6.45) is 4.71.